The second-order valence-corrected chi connectivity index (χ2v) is 27.6. The summed E-state index contributed by atoms with van der Waals surface area (Å²) in [5, 5.41) is 20.6. The first kappa shape index (κ1) is 95.6. The van der Waals surface area contributed by atoms with Gasteiger partial charge in [-0.3, -0.25) is 32.5 Å². The molecule has 0 saturated carbocycles. The van der Waals surface area contributed by atoms with Crippen molar-refractivity contribution >= 4 is 33.6 Å². The van der Waals surface area contributed by atoms with Crippen molar-refractivity contribution in [2.75, 3.05) is 39.6 Å². The van der Waals surface area contributed by atoms with Crippen molar-refractivity contribution in [3.05, 3.63) is 182 Å². The fourth-order valence-corrected chi connectivity index (χ4v) is 11.0. The lowest BCUT2D eigenvalue weighted by Gasteiger charge is -2.21. The van der Waals surface area contributed by atoms with Crippen LogP contribution >= 0.6 is 15.6 Å². The van der Waals surface area contributed by atoms with E-state index in [1.54, 1.807) is 0 Å². The Hall–Kier alpha value is -5.35. The van der Waals surface area contributed by atoms with E-state index in [1.807, 2.05) is 0 Å². The summed E-state index contributed by atoms with van der Waals surface area (Å²) in [6.07, 6.45) is 95.0. The molecule has 4 N–H and O–H groups in total. The van der Waals surface area contributed by atoms with E-state index in [0.717, 1.165) is 205 Å². The van der Waals surface area contributed by atoms with Gasteiger partial charge >= 0.3 is 33.6 Å². The molecule has 5 unspecified atom stereocenters. The smallest absolute Gasteiger partial charge is 0.463 e. The van der Waals surface area contributed by atoms with E-state index >= 15 is 0 Å². The number of carbonyl (C=O) groups is 3. The van der Waals surface area contributed by atoms with Crippen LogP contribution in [0.2, 0.25) is 0 Å². The fraction of sp³-hybridized carbons (Fsp3) is 0.602. The van der Waals surface area contributed by atoms with Crippen LogP contribution in [-0.2, 0) is 55.8 Å². The molecule has 0 heterocycles. The number of rotatable bonds is 70. The van der Waals surface area contributed by atoms with Gasteiger partial charge in [-0.05, 0) is 154 Å². The van der Waals surface area contributed by atoms with Crippen molar-refractivity contribution in [2.45, 2.75) is 283 Å². The third-order valence-corrected chi connectivity index (χ3v) is 17.0. The molecule has 0 radical (unpaired) electrons. The van der Waals surface area contributed by atoms with E-state index in [9.17, 15) is 43.5 Å². The average molecular weight is 1450 g/mol. The number of ether oxygens (including phenoxy) is 3. The molecule has 101 heavy (non-hydrogen) atoms. The van der Waals surface area contributed by atoms with Crippen LogP contribution in [0.15, 0.2) is 182 Å². The van der Waals surface area contributed by atoms with Gasteiger partial charge in [0.2, 0.25) is 0 Å². The van der Waals surface area contributed by atoms with Gasteiger partial charge < -0.3 is 34.2 Å². The largest absolute Gasteiger partial charge is 0.472 e. The molecule has 0 fully saturated rings. The molecule has 0 aliphatic carbocycles. The zero-order valence-corrected chi connectivity index (χ0v) is 64.0. The third-order valence-electron chi connectivity index (χ3n) is 15.1. The van der Waals surface area contributed by atoms with Crippen LogP contribution in [-0.4, -0.2) is 95.9 Å². The van der Waals surface area contributed by atoms with Gasteiger partial charge in [-0.15, -0.1) is 0 Å². The Kier molecular flexibility index (Phi) is 70.4. The minimum atomic E-state index is -4.95. The highest BCUT2D eigenvalue weighted by atomic mass is 31.2. The van der Waals surface area contributed by atoms with E-state index in [0.29, 0.717) is 19.3 Å². The summed E-state index contributed by atoms with van der Waals surface area (Å²) in [5.74, 6) is -1.64. The predicted molar refractivity (Wildman–Crippen MR) is 417 cm³/mol. The highest BCUT2D eigenvalue weighted by molar-refractivity contribution is 7.47. The van der Waals surface area contributed by atoms with Gasteiger partial charge in [0, 0.05) is 19.3 Å². The summed E-state index contributed by atoms with van der Waals surface area (Å²) >= 11 is 0. The number of esters is 3. The summed E-state index contributed by atoms with van der Waals surface area (Å²) in [6, 6.07) is 0. The lowest BCUT2D eigenvalue weighted by Crippen LogP contribution is -2.30. The summed E-state index contributed by atoms with van der Waals surface area (Å²) in [6.45, 7) is 2.25. The number of allylic oxidation sites excluding steroid dienone is 30. The Balaban J connectivity index is 4.71. The maximum absolute atomic E-state index is 13.0. The average Bonchev–Trinajstić information content (AvgIpc) is 0.946. The number of hydrogen-bond acceptors (Lipinski definition) is 14. The summed E-state index contributed by atoms with van der Waals surface area (Å²) in [7, 11) is -9.82. The summed E-state index contributed by atoms with van der Waals surface area (Å²) < 4.78 is 61.1. The quantitative estimate of drug-likeness (QED) is 0.0146. The van der Waals surface area contributed by atoms with Crippen LogP contribution in [0.1, 0.15) is 265 Å². The van der Waals surface area contributed by atoms with Crippen molar-refractivity contribution in [3.63, 3.8) is 0 Å². The van der Waals surface area contributed by atoms with Crippen LogP contribution in [0.25, 0.3) is 0 Å². The molecule has 0 saturated heterocycles. The molecule has 5 atom stereocenters. The van der Waals surface area contributed by atoms with Gasteiger partial charge in [0.25, 0.3) is 0 Å². The van der Waals surface area contributed by atoms with Gasteiger partial charge in [-0.1, -0.05) is 274 Å². The first-order chi connectivity index (χ1) is 49.2. The van der Waals surface area contributed by atoms with Crippen molar-refractivity contribution in [3.8, 4) is 0 Å². The van der Waals surface area contributed by atoms with Gasteiger partial charge in [-0.25, -0.2) is 9.13 Å². The number of phosphoric acid groups is 2. The van der Waals surface area contributed by atoms with Crippen molar-refractivity contribution in [1.82, 2.24) is 0 Å². The van der Waals surface area contributed by atoms with Gasteiger partial charge in [0.05, 0.1) is 26.4 Å². The molecular formula is C83H134O16P2. The lowest BCUT2D eigenvalue weighted by atomic mass is 10.1. The number of hydrogen-bond donors (Lipinski definition) is 4. The minimum absolute atomic E-state index is 0.0664. The standard InChI is InChI=1S/C83H134O16P2/c1-4-7-10-13-16-19-22-25-28-31-33-35-37-38-40-42-43-46-48-51-54-57-60-63-66-69-81(86)93-72-78(84)73-95-100(89,90)96-74-79(85)75-97-101(91,92)98-77-80(99-83(88)71-68-65-62-59-56-53-50-45-30-27-24-21-18-15-12-9-6-3)76-94-82(87)70-67-64-61-58-55-52-49-47-44-41-39-36-34-32-29-26-23-20-17-14-11-8-5-2/h7-12,16-21,25-30,33-36,38,40-41,43-44,46,50,53,78-80,84-85H,4-6,13-15,22-24,31-32,37,39,42,45,47-49,51-52,54-77H2,1-3H3,(H,89,90)(H,91,92)/b10-7-,11-8-,12-9-,19-16-,20-17-,21-18-,28-25-,29-26-,30-27-,35-33-,36-34-,40-38-,44-41-,46-43-,53-50-. The Morgan fingerprint density at radius 1 is 0.277 bits per heavy atom. The van der Waals surface area contributed by atoms with Crippen LogP contribution in [0.3, 0.4) is 0 Å². The number of aliphatic hydroxyl groups is 2. The molecule has 16 nitrogen and oxygen atoms in total. The van der Waals surface area contributed by atoms with Crippen LogP contribution < -0.4 is 0 Å². The second kappa shape index (κ2) is 74.4. The van der Waals surface area contributed by atoms with Crippen molar-refractivity contribution in [2.24, 2.45) is 0 Å². The summed E-state index contributed by atoms with van der Waals surface area (Å²) in [5.41, 5.74) is 0. The molecule has 0 rings (SSSR count). The van der Waals surface area contributed by atoms with E-state index in [1.165, 1.54) is 0 Å². The third kappa shape index (κ3) is 75.6. The zero-order chi connectivity index (χ0) is 73.7. The molecule has 0 spiro atoms. The second-order valence-electron chi connectivity index (χ2n) is 24.7. The molecule has 0 aliphatic heterocycles. The molecule has 0 amide bonds. The normalized spacial score (nSPS) is 15.0. The molecule has 0 aromatic rings. The Morgan fingerprint density at radius 2 is 0.495 bits per heavy atom. The highest BCUT2D eigenvalue weighted by Gasteiger charge is 2.29. The van der Waals surface area contributed by atoms with E-state index in [-0.39, 0.29) is 19.3 Å². The van der Waals surface area contributed by atoms with Gasteiger partial charge in [0.1, 0.15) is 25.4 Å². The Bertz CT molecular complexity index is 2570. The van der Waals surface area contributed by atoms with E-state index < -0.39 is 91.5 Å². The molecule has 0 bridgehead atoms. The number of carbonyl (C=O) groups excluding carboxylic acids is 3. The number of aliphatic hydroxyl groups excluding tert-OH is 2. The topological polar surface area (TPSA) is 231 Å². The molecule has 0 aromatic carbocycles. The molecule has 0 aromatic heterocycles. The SMILES string of the molecule is CC/C=C\C/C=C\C/C=C\C/C=C\C/C=C\C/C=C\CCCCCCCCC(=O)OCC(O)COP(=O)(O)OCC(O)COP(=O)(O)OCC(COC(=O)CCCCCCCCC/C=C\C/C=C\C/C=C\C/C=C\C/C=C\CC)OC(=O)CCCCCC/C=C\C/C=C\C/C=C\C/C=C\CC. The van der Waals surface area contributed by atoms with Crippen molar-refractivity contribution in [1.29, 1.82) is 0 Å². The number of unbranched alkanes of at least 4 members (excludes halogenated alkanes) is 17. The highest BCUT2D eigenvalue weighted by Crippen LogP contribution is 2.45. The molecule has 18 heteroatoms. The van der Waals surface area contributed by atoms with Crippen LogP contribution in [0, 0.1) is 0 Å². The zero-order valence-electron chi connectivity index (χ0n) is 62.2. The summed E-state index contributed by atoms with van der Waals surface area (Å²) in [4.78, 5) is 58.6. The van der Waals surface area contributed by atoms with Gasteiger partial charge in [-0.2, -0.15) is 0 Å². The van der Waals surface area contributed by atoms with Gasteiger partial charge in [0.15, 0.2) is 6.10 Å². The molecule has 0 aliphatic rings. The first-order valence-electron chi connectivity index (χ1n) is 38.1. The maximum atomic E-state index is 13.0. The monoisotopic (exact) mass is 1450 g/mol. The lowest BCUT2D eigenvalue weighted by molar-refractivity contribution is -0.161. The van der Waals surface area contributed by atoms with E-state index in [4.69, 9.17) is 32.3 Å². The first-order valence-corrected chi connectivity index (χ1v) is 41.1. The fourth-order valence-electron chi connectivity index (χ4n) is 9.41. The molecular weight excluding hydrogens is 1310 g/mol. The van der Waals surface area contributed by atoms with Crippen molar-refractivity contribution < 1.29 is 75.8 Å². The van der Waals surface area contributed by atoms with Crippen LogP contribution in [0.5, 0.6) is 0 Å². The van der Waals surface area contributed by atoms with Crippen LogP contribution in [0.4, 0.5) is 0 Å². The maximum Gasteiger partial charge on any atom is 0.472 e. The van der Waals surface area contributed by atoms with E-state index in [2.05, 4.69) is 203 Å². The minimum Gasteiger partial charge on any atom is -0.463 e. The number of phosphoric ester groups is 2. The molecule has 572 valence electrons. The predicted octanol–water partition coefficient (Wildman–Crippen LogP) is 22.2. The Labute approximate surface area is 611 Å². The Morgan fingerprint density at radius 3 is 0.782 bits per heavy atom.